The van der Waals surface area contributed by atoms with Crippen LogP contribution in [0.25, 0.3) is 0 Å². The molecule has 1 aromatic heterocycles. The fourth-order valence-electron chi connectivity index (χ4n) is 0.945. The van der Waals surface area contributed by atoms with Crippen LogP contribution in [0.4, 0.5) is 5.82 Å². The van der Waals surface area contributed by atoms with E-state index in [1.165, 1.54) is 4.90 Å². The molecular formula is C9H14N2S. The van der Waals surface area contributed by atoms with Gasteiger partial charge in [-0.1, -0.05) is 6.92 Å². The highest BCUT2D eigenvalue weighted by molar-refractivity contribution is 7.99. The number of rotatable bonds is 4. The van der Waals surface area contributed by atoms with Crippen LogP contribution in [0, 0.1) is 0 Å². The van der Waals surface area contributed by atoms with Crippen LogP contribution in [-0.2, 0) is 0 Å². The molecule has 1 aromatic rings. The number of nitrogens with one attached hydrogen (secondary N) is 1. The molecule has 0 saturated heterocycles. The molecule has 0 amide bonds. The summed E-state index contributed by atoms with van der Waals surface area (Å²) in [6, 6.07) is 4.12. The Hall–Kier alpha value is -0.700. The number of pyridine rings is 1. The molecule has 0 radical (unpaired) electrons. The van der Waals surface area contributed by atoms with Crippen molar-refractivity contribution in [2.24, 2.45) is 0 Å². The summed E-state index contributed by atoms with van der Waals surface area (Å²) in [5, 5.41) is 3.18. The molecule has 0 bridgehead atoms. The van der Waals surface area contributed by atoms with Gasteiger partial charge in [0.05, 0.1) is 0 Å². The summed E-state index contributed by atoms with van der Waals surface area (Å²) in [6.07, 6.45) is 1.84. The van der Waals surface area contributed by atoms with Gasteiger partial charge in [-0.25, -0.2) is 4.98 Å². The number of hydrogen-bond acceptors (Lipinski definition) is 3. The van der Waals surface area contributed by atoms with E-state index in [9.17, 15) is 0 Å². The third-order valence-corrected chi connectivity index (χ3v) is 2.28. The molecule has 12 heavy (non-hydrogen) atoms. The Bertz CT molecular complexity index is 216. The Morgan fingerprint density at radius 3 is 3.00 bits per heavy atom. The zero-order chi connectivity index (χ0) is 8.81. The molecule has 0 saturated carbocycles. The van der Waals surface area contributed by atoms with Crippen molar-refractivity contribution in [3.8, 4) is 0 Å². The van der Waals surface area contributed by atoms with Crippen LogP contribution in [0.1, 0.15) is 13.8 Å². The summed E-state index contributed by atoms with van der Waals surface area (Å²) in [7, 11) is 0. The van der Waals surface area contributed by atoms with Gasteiger partial charge in [-0.3, -0.25) is 0 Å². The second-order valence-electron chi connectivity index (χ2n) is 2.34. The Labute approximate surface area is 77.8 Å². The first-order chi connectivity index (χ1) is 5.86. The summed E-state index contributed by atoms with van der Waals surface area (Å²) < 4.78 is 0. The van der Waals surface area contributed by atoms with Crippen molar-refractivity contribution < 1.29 is 0 Å². The molecule has 0 aliphatic heterocycles. The van der Waals surface area contributed by atoms with E-state index in [1.54, 1.807) is 0 Å². The highest BCUT2D eigenvalue weighted by atomic mass is 32.2. The van der Waals surface area contributed by atoms with Gasteiger partial charge >= 0.3 is 0 Å². The van der Waals surface area contributed by atoms with Gasteiger partial charge in [-0.15, -0.1) is 11.8 Å². The molecule has 1 rings (SSSR count). The van der Waals surface area contributed by atoms with Crippen molar-refractivity contribution >= 4 is 17.6 Å². The molecule has 0 atom stereocenters. The summed E-state index contributed by atoms with van der Waals surface area (Å²) in [6.45, 7) is 5.15. The average Bonchev–Trinajstić information content (AvgIpc) is 2.06. The smallest absolute Gasteiger partial charge is 0.126 e. The SMILES string of the molecule is CCNc1cc(SCC)ccn1. The van der Waals surface area contributed by atoms with Gasteiger partial charge in [0.25, 0.3) is 0 Å². The molecule has 0 aliphatic rings. The molecule has 0 unspecified atom stereocenters. The highest BCUT2D eigenvalue weighted by Crippen LogP contribution is 2.18. The maximum absolute atomic E-state index is 4.19. The topological polar surface area (TPSA) is 24.9 Å². The van der Waals surface area contributed by atoms with E-state index in [4.69, 9.17) is 0 Å². The van der Waals surface area contributed by atoms with Crippen LogP contribution >= 0.6 is 11.8 Å². The van der Waals surface area contributed by atoms with Gasteiger partial charge < -0.3 is 5.32 Å². The molecule has 1 N–H and O–H groups in total. The van der Waals surface area contributed by atoms with Crippen LogP contribution in [0.3, 0.4) is 0 Å². The monoisotopic (exact) mass is 182 g/mol. The fraction of sp³-hybridized carbons (Fsp3) is 0.444. The number of aromatic nitrogens is 1. The lowest BCUT2D eigenvalue weighted by molar-refractivity contribution is 1.14. The van der Waals surface area contributed by atoms with E-state index in [0.717, 1.165) is 18.1 Å². The van der Waals surface area contributed by atoms with E-state index in [1.807, 2.05) is 24.0 Å². The average molecular weight is 182 g/mol. The third kappa shape index (κ3) is 2.74. The van der Waals surface area contributed by atoms with Gasteiger partial charge in [0.2, 0.25) is 0 Å². The van der Waals surface area contributed by atoms with Crippen LogP contribution in [0.5, 0.6) is 0 Å². The zero-order valence-electron chi connectivity index (χ0n) is 7.50. The van der Waals surface area contributed by atoms with E-state index >= 15 is 0 Å². The van der Waals surface area contributed by atoms with Crippen LogP contribution < -0.4 is 5.32 Å². The predicted octanol–water partition coefficient (Wildman–Crippen LogP) is 2.63. The Morgan fingerprint density at radius 1 is 1.50 bits per heavy atom. The highest BCUT2D eigenvalue weighted by Gasteiger charge is 1.94. The number of nitrogens with zero attached hydrogens (tertiary/aromatic N) is 1. The molecule has 2 nitrogen and oxygen atoms in total. The van der Waals surface area contributed by atoms with E-state index < -0.39 is 0 Å². The summed E-state index contributed by atoms with van der Waals surface area (Å²) in [5.41, 5.74) is 0. The lowest BCUT2D eigenvalue weighted by Crippen LogP contribution is -1.98. The molecular weight excluding hydrogens is 168 g/mol. The second kappa shape index (κ2) is 5.04. The van der Waals surface area contributed by atoms with Crippen molar-refractivity contribution in [1.29, 1.82) is 0 Å². The molecule has 3 heteroatoms. The van der Waals surface area contributed by atoms with Crippen molar-refractivity contribution in [2.75, 3.05) is 17.6 Å². The maximum Gasteiger partial charge on any atom is 0.126 e. The van der Waals surface area contributed by atoms with Gasteiger partial charge in [-0.05, 0) is 24.8 Å². The summed E-state index contributed by atoms with van der Waals surface area (Å²) >= 11 is 1.84. The minimum Gasteiger partial charge on any atom is -0.370 e. The Morgan fingerprint density at radius 2 is 2.33 bits per heavy atom. The second-order valence-corrected chi connectivity index (χ2v) is 3.68. The van der Waals surface area contributed by atoms with Gasteiger partial charge in [0, 0.05) is 17.6 Å². The maximum atomic E-state index is 4.19. The normalized spacial score (nSPS) is 9.83. The Balaban J connectivity index is 2.67. The molecule has 0 aliphatic carbocycles. The molecule has 1 heterocycles. The van der Waals surface area contributed by atoms with Crippen molar-refractivity contribution in [2.45, 2.75) is 18.7 Å². The van der Waals surface area contributed by atoms with Crippen LogP contribution in [0.2, 0.25) is 0 Å². The number of hydrogen-bond donors (Lipinski definition) is 1. The van der Waals surface area contributed by atoms with Crippen molar-refractivity contribution in [1.82, 2.24) is 4.98 Å². The minimum absolute atomic E-state index is 0.924. The third-order valence-electron chi connectivity index (χ3n) is 1.40. The van der Waals surface area contributed by atoms with E-state index in [-0.39, 0.29) is 0 Å². The van der Waals surface area contributed by atoms with Crippen molar-refractivity contribution in [3.05, 3.63) is 18.3 Å². The van der Waals surface area contributed by atoms with Crippen molar-refractivity contribution in [3.63, 3.8) is 0 Å². The zero-order valence-corrected chi connectivity index (χ0v) is 8.32. The first-order valence-corrected chi connectivity index (χ1v) is 5.18. The standard InChI is InChI=1S/C9H14N2S/c1-3-10-9-7-8(12-4-2)5-6-11-9/h5-7H,3-4H2,1-2H3,(H,10,11). The first-order valence-electron chi connectivity index (χ1n) is 4.19. The Kier molecular flexibility index (Phi) is 3.94. The number of thioether (sulfide) groups is 1. The molecule has 0 aromatic carbocycles. The largest absolute Gasteiger partial charge is 0.370 e. The summed E-state index contributed by atoms with van der Waals surface area (Å²) in [4.78, 5) is 5.47. The van der Waals surface area contributed by atoms with E-state index in [2.05, 4.69) is 30.2 Å². The molecule has 0 spiro atoms. The van der Waals surface area contributed by atoms with Gasteiger partial charge in [0.15, 0.2) is 0 Å². The fourth-order valence-corrected chi connectivity index (χ4v) is 1.63. The molecule has 0 fully saturated rings. The quantitative estimate of drug-likeness (QED) is 0.725. The minimum atomic E-state index is 0.924. The summed E-state index contributed by atoms with van der Waals surface area (Å²) in [5.74, 6) is 2.08. The predicted molar refractivity (Wildman–Crippen MR) is 54.8 cm³/mol. The van der Waals surface area contributed by atoms with Gasteiger partial charge in [-0.2, -0.15) is 0 Å². The van der Waals surface area contributed by atoms with Gasteiger partial charge in [0.1, 0.15) is 5.82 Å². The van der Waals surface area contributed by atoms with Crippen LogP contribution in [-0.4, -0.2) is 17.3 Å². The lowest BCUT2D eigenvalue weighted by Gasteiger charge is -2.03. The van der Waals surface area contributed by atoms with E-state index in [0.29, 0.717) is 0 Å². The number of anilines is 1. The molecule has 66 valence electrons. The van der Waals surface area contributed by atoms with Crippen LogP contribution in [0.15, 0.2) is 23.2 Å². The lowest BCUT2D eigenvalue weighted by atomic mass is 10.4. The first kappa shape index (κ1) is 9.39.